The van der Waals surface area contributed by atoms with Gasteiger partial charge in [-0.15, -0.1) is 0 Å². The molecule has 5 amide bonds. The summed E-state index contributed by atoms with van der Waals surface area (Å²) in [5.74, 6) is -2.06. The van der Waals surface area contributed by atoms with Gasteiger partial charge >= 0.3 is 0 Å². The summed E-state index contributed by atoms with van der Waals surface area (Å²) in [5, 5.41) is 18.0. The van der Waals surface area contributed by atoms with Gasteiger partial charge in [0.2, 0.25) is 17.8 Å². The fraction of sp³-hybridized carbons (Fsp3) is 0.400. The van der Waals surface area contributed by atoms with Gasteiger partial charge in [0, 0.05) is 68.7 Å². The molecule has 3 N–H and O–H groups in total. The number of amides is 5. The highest BCUT2D eigenvalue weighted by atomic mass is 35.5. The normalized spacial score (nSPS) is 24.3. The van der Waals surface area contributed by atoms with E-state index in [2.05, 4.69) is 51.7 Å². The van der Waals surface area contributed by atoms with Gasteiger partial charge in [0.05, 0.1) is 39.5 Å². The smallest absolute Gasteiger partial charge is 0.262 e. The molecule has 0 radical (unpaired) electrons. The number of nitrogens with one attached hydrogen (secondary N) is 3. The lowest BCUT2D eigenvalue weighted by Crippen LogP contribution is -2.58. The van der Waals surface area contributed by atoms with Crippen molar-refractivity contribution < 1.29 is 28.4 Å². The third-order valence-electron chi connectivity index (χ3n) is 13.6. The number of benzene rings is 2. The van der Waals surface area contributed by atoms with Gasteiger partial charge in [-0.1, -0.05) is 11.6 Å². The van der Waals surface area contributed by atoms with E-state index in [9.17, 15) is 29.2 Å². The Bertz CT molecular complexity index is 2630. The molecule has 4 fully saturated rings. The summed E-state index contributed by atoms with van der Waals surface area (Å²) in [6.07, 6.45) is 6.18. The lowest BCUT2D eigenvalue weighted by molar-refractivity contribution is -0.136. The van der Waals surface area contributed by atoms with E-state index in [4.69, 9.17) is 11.6 Å². The number of hydrogen-bond acceptors (Lipinski definition) is 13. The molecule has 2 aromatic carbocycles. The Balaban J connectivity index is 0.667. The van der Waals surface area contributed by atoms with Crippen LogP contribution in [0.3, 0.4) is 0 Å². The lowest BCUT2D eigenvalue weighted by Gasteiger charge is -2.58. The molecule has 4 aromatic rings. The number of anilines is 4. The predicted octanol–water partition coefficient (Wildman–Crippen LogP) is 4.35. The first-order valence-electron chi connectivity index (χ1n) is 21.3. The largest absolute Gasteiger partial charge is 0.369 e. The van der Waals surface area contributed by atoms with E-state index in [1.807, 2.05) is 12.1 Å². The molecule has 1 atom stereocenters. The maximum absolute atomic E-state index is 15.3. The highest BCUT2D eigenvalue weighted by Gasteiger charge is 2.53. The minimum Gasteiger partial charge on any atom is -0.369 e. The summed E-state index contributed by atoms with van der Waals surface area (Å²) in [6, 6.07) is 14.7. The Morgan fingerprint density at radius 3 is 2.41 bits per heavy atom. The summed E-state index contributed by atoms with van der Waals surface area (Å²) in [5.41, 5.74) is 4.52. The average Bonchev–Trinajstić information content (AvgIpc) is 3.49. The Hall–Kier alpha value is -6.51. The third kappa shape index (κ3) is 7.60. The molecular formula is C45H43ClFN11O5. The number of hydrogen-bond donors (Lipinski definition) is 3. The number of imide groups is 2. The summed E-state index contributed by atoms with van der Waals surface area (Å²) in [7, 11) is 0. The van der Waals surface area contributed by atoms with Gasteiger partial charge in [-0.2, -0.15) is 9.65 Å². The molecule has 2 saturated heterocycles. The maximum Gasteiger partial charge on any atom is 0.262 e. The first-order chi connectivity index (χ1) is 30.4. The Labute approximate surface area is 366 Å². The van der Waals surface area contributed by atoms with Crippen molar-refractivity contribution in [2.45, 2.75) is 63.6 Å². The standard InChI is InChI=1S/C45H43ClFN11O5/c46-34-16-29(2-1-26(34)21-48)57-10-9-31-35(23-57)49-24-50-40(31)53-37-7-5-32(39(47)52-37)41(60)51-27-19-45(20-27)17-25(18-45)22-55-11-13-56(14-12-55)28-3-4-30-33(15-28)44(63)58(43(30)62)36-6-8-38(59)54-42(36)61/h1-5,7,15-16,24-25,27,36H,6,8-14,17-20,22-23H2,(H,51,60)(H,54,59,61)(H,49,50,52,53). The zero-order chi connectivity index (χ0) is 43.6. The number of nitrogens with zero attached hydrogens (tertiary/aromatic N) is 8. The van der Waals surface area contributed by atoms with Crippen molar-refractivity contribution >= 4 is 64.1 Å². The number of aromatic nitrogens is 3. The molecule has 2 saturated carbocycles. The van der Waals surface area contributed by atoms with E-state index in [0.717, 1.165) is 85.9 Å². The molecule has 1 spiro atoms. The number of nitriles is 1. The van der Waals surface area contributed by atoms with Crippen LogP contribution < -0.4 is 25.8 Å². The van der Waals surface area contributed by atoms with Crippen molar-refractivity contribution in [2.75, 3.05) is 54.4 Å². The van der Waals surface area contributed by atoms with Crippen molar-refractivity contribution in [3.05, 3.63) is 99.3 Å². The molecule has 0 bridgehead atoms. The number of rotatable bonds is 9. The summed E-state index contributed by atoms with van der Waals surface area (Å²) in [6.45, 7) is 5.42. The number of pyridine rings is 1. The van der Waals surface area contributed by atoms with Crippen molar-refractivity contribution in [2.24, 2.45) is 11.3 Å². The van der Waals surface area contributed by atoms with E-state index in [1.54, 1.807) is 30.3 Å². The third-order valence-corrected chi connectivity index (χ3v) is 13.9. The van der Waals surface area contributed by atoms with Crippen LogP contribution >= 0.6 is 11.6 Å². The van der Waals surface area contributed by atoms with Crippen molar-refractivity contribution in [3.63, 3.8) is 0 Å². The fourth-order valence-electron chi connectivity index (χ4n) is 10.5. The quantitative estimate of drug-likeness (QED) is 0.159. The number of halogens is 2. The minimum absolute atomic E-state index is 0.0165. The highest BCUT2D eigenvalue weighted by molar-refractivity contribution is 6.32. The van der Waals surface area contributed by atoms with E-state index in [-0.39, 0.29) is 46.8 Å². The molecular weight excluding hydrogens is 829 g/mol. The summed E-state index contributed by atoms with van der Waals surface area (Å²) in [4.78, 5) is 84.4. The molecule has 6 heterocycles. The first-order valence-corrected chi connectivity index (χ1v) is 21.7. The van der Waals surface area contributed by atoms with Gasteiger partial charge in [0.15, 0.2) is 0 Å². The van der Waals surface area contributed by atoms with Gasteiger partial charge in [-0.05, 0) is 98.4 Å². The molecule has 16 nitrogen and oxygen atoms in total. The molecule has 10 rings (SSSR count). The first kappa shape index (κ1) is 40.6. The van der Waals surface area contributed by atoms with Crippen molar-refractivity contribution in [1.29, 1.82) is 5.26 Å². The van der Waals surface area contributed by atoms with Gasteiger partial charge < -0.3 is 20.4 Å². The lowest BCUT2D eigenvalue weighted by atomic mass is 9.50. The van der Waals surface area contributed by atoms with Crippen molar-refractivity contribution in [3.8, 4) is 6.07 Å². The minimum atomic E-state index is -0.990. The van der Waals surface area contributed by atoms with Crippen LogP contribution in [0.5, 0.6) is 0 Å². The number of piperidine rings is 1. The number of carbonyl (C=O) groups excluding carboxylic acids is 5. The SMILES string of the molecule is N#Cc1ccc(N2CCc3c(ncnc3Nc3ccc(C(=O)NC4CC5(CC(CN6CCN(c7ccc8c(c7)C(=O)N(C7CCC(=O)NC7=O)C8=O)CC6)C5)C4)c(F)n3)C2)cc1Cl. The number of fused-ring (bicyclic) bond motifs is 2. The van der Waals surface area contributed by atoms with Gasteiger partial charge in [-0.3, -0.25) is 39.1 Å². The molecule has 322 valence electrons. The second kappa shape index (κ2) is 16.0. The van der Waals surface area contributed by atoms with Crippen LogP contribution in [-0.2, 0) is 22.6 Å². The summed E-state index contributed by atoms with van der Waals surface area (Å²) >= 11 is 6.27. The molecule has 63 heavy (non-hydrogen) atoms. The van der Waals surface area contributed by atoms with Crippen molar-refractivity contribution in [1.82, 2.24) is 35.4 Å². The van der Waals surface area contributed by atoms with E-state index in [1.165, 1.54) is 12.4 Å². The Morgan fingerprint density at radius 2 is 1.67 bits per heavy atom. The predicted molar refractivity (Wildman–Crippen MR) is 228 cm³/mol. The fourth-order valence-corrected chi connectivity index (χ4v) is 10.7. The topological polar surface area (TPSA) is 197 Å². The van der Waals surface area contributed by atoms with Crippen LogP contribution in [0.2, 0.25) is 5.02 Å². The van der Waals surface area contributed by atoms with Crippen LogP contribution in [-0.4, -0.2) is 106 Å². The summed E-state index contributed by atoms with van der Waals surface area (Å²) < 4.78 is 15.3. The molecule has 1 unspecified atom stereocenters. The van der Waals surface area contributed by atoms with E-state index >= 15 is 4.39 Å². The Kier molecular flexibility index (Phi) is 10.3. The van der Waals surface area contributed by atoms with Crippen LogP contribution in [0.15, 0.2) is 54.9 Å². The second-order valence-electron chi connectivity index (χ2n) is 17.6. The highest BCUT2D eigenvalue weighted by Crippen LogP contribution is 2.59. The zero-order valence-corrected chi connectivity index (χ0v) is 35.0. The Morgan fingerprint density at radius 1 is 0.905 bits per heavy atom. The molecule has 2 aliphatic carbocycles. The molecule has 6 aliphatic rings. The van der Waals surface area contributed by atoms with Crippen LogP contribution in [0.1, 0.15) is 86.4 Å². The van der Waals surface area contributed by atoms with Gasteiger partial charge in [-0.25, -0.2) is 15.0 Å². The van der Waals surface area contributed by atoms with E-state index < -0.39 is 41.5 Å². The number of carbonyl (C=O) groups is 5. The monoisotopic (exact) mass is 871 g/mol. The maximum atomic E-state index is 15.3. The van der Waals surface area contributed by atoms with E-state index in [0.29, 0.717) is 41.8 Å². The number of piperazine rings is 1. The van der Waals surface area contributed by atoms with Crippen LogP contribution in [0, 0.1) is 28.6 Å². The van der Waals surface area contributed by atoms with Gasteiger partial charge in [0.25, 0.3) is 17.7 Å². The molecule has 18 heteroatoms. The molecule has 4 aliphatic heterocycles. The average molecular weight is 872 g/mol. The van der Waals surface area contributed by atoms with Gasteiger partial charge in [0.1, 0.15) is 30.1 Å². The molecule has 2 aromatic heterocycles. The van der Waals surface area contributed by atoms with Crippen LogP contribution in [0.25, 0.3) is 0 Å². The second-order valence-corrected chi connectivity index (χ2v) is 18.0. The zero-order valence-electron chi connectivity index (χ0n) is 34.2. The van der Waals surface area contributed by atoms with Crippen LogP contribution in [0.4, 0.5) is 27.4 Å².